The Kier molecular flexibility index (Phi) is 16.5. The maximum Gasteiger partial charge on any atom is 0.311 e. The van der Waals surface area contributed by atoms with Crippen LogP contribution in [0.25, 0.3) is 73.1 Å². The van der Waals surface area contributed by atoms with Crippen molar-refractivity contribution in [1.29, 1.82) is 0 Å². The molecule has 0 aliphatic rings. The summed E-state index contributed by atoms with van der Waals surface area (Å²) in [6, 6.07) is 0. The summed E-state index contributed by atoms with van der Waals surface area (Å²) in [5.74, 6) is -3.95. The second-order valence-electron chi connectivity index (χ2n) is 6.36. The summed E-state index contributed by atoms with van der Waals surface area (Å²) in [5, 5.41) is 31.6. The summed E-state index contributed by atoms with van der Waals surface area (Å²) in [7, 11) is 0. The SMILES string of the molecule is CC(C)(CN=[N+]=[N-])C(O)(N=[N+]=[N-])N=[N+]=[N-].[N-]=[N+]=NCC(=O)OCC(CN=[N+]=[N-])C(N=[N+]=[N-])N=[N+]=[N-]. The summed E-state index contributed by atoms with van der Waals surface area (Å²) in [6.45, 7) is 1.63. The van der Waals surface area contributed by atoms with E-state index in [1.165, 1.54) is 13.8 Å². The number of nitrogens with zero attached hydrogens (tertiary/aromatic N) is 21. The van der Waals surface area contributed by atoms with Crippen LogP contribution in [0.2, 0.25) is 0 Å². The van der Waals surface area contributed by atoms with Crippen LogP contribution in [-0.4, -0.2) is 49.3 Å². The molecule has 0 aliphatic heterocycles. The lowest BCUT2D eigenvalue weighted by atomic mass is 9.87. The topological polar surface area (TPSA) is 388 Å². The highest BCUT2D eigenvalue weighted by atomic mass is 16.5. The van der Waals surface area contributed by atoms with Crippen LogP contribution in [0.15, 0.2) is 35.8 Å². The number of azide groups is 5. The van der Waals surface area contributed by atoms with Crippen molar-refractivity contribution in [3.63, 3.8) is 0 Å². The third-order valence-electron chi connectivity index (χ3n) is 3.67. The maximum absolute atomic E-state index is 11.1. The van der Waals surface area contributed by atoms with Gasteiger partial charge in [0.25, 0.3) is 0 Å². The fourth-order valence-electron chi connectivity index (χ4n) is 1.76. The molecule has 0 bridgehead atoms. The third-order valence-corrected chi connectivity index (χ3v) is 3.67. The summed E-state index contributed by atoms with van der Waals surface area (Å²) in [6.07, 6.45) is -1.22. The van der Waals surface area contributed by atoms with E-state index in [4.69, 9.17) is 43.5 Å². The second-order valence-corrected chi connectivity index (χ2v) is 6.36. The molecule has 0 saturated heterocycles. The number of hydrogen-bond donors (Lipinski definition) is 1. The van der Waals surface area contributed by atoms with Crippen molar-refractivity contribution < 1.29 is 14.6 Å². The van der Waals surface area contributed by atoms with Crippen LogP contribution in [0.5, 0.6) is 0 Å². The zero-order valence-corrected chi connectivity index (χ0v) is 18.1. The number of carbonyl (C=O) groups is 1. The summed E-state index contributed by atoms with van der Waals surface area (Å²) >= 11 is 0. The number of aliphatic hydroxyl groups is 1. The molecule has 0 spiro atoms. The lowest BCUT2D eigenvalue weighted by molar-refractivity contribution is -0.143. The number of hydrogen-bond acceptors (Lipinski definition) is 10. The summed E-state index contributed by atoms with van der Waals surface area (Å²) < 4.78 is 4.72. The van der Waals surface area contributed by atoms with Gasteiger partial charge in [-0.2, -0.15) is 0 Å². The average Bonchev–Trinajstić information content (AvgIpc) is 2.82. The lowest BCUT2D eigenvalue weighted by Gasteiger charge is -2.33. The van der Waals surface area contributed by atoms with E-state index in [0.29, 0.717) is 0 Å². The molecule has 0 saturated carbocycles. The number of ether oxygens (including phenoxy) is 1. The number of esters is 1. The molecule has 0 rings (SSSR count). The Morgan fingerprint density at radius 1 is 0.829 bits per heavy atom. The Morgan fingerprint density at radius 2 is 1.34 bits per heavy atom. The second kappa shape index (κ2) is 18.2. The van der Waals surface area contributed by atoms with Gasteiger partial charge in [0.2, 0.25) is 5.85 Å². The van der Waals surface area contributed by atoms with Gasteiger partial charge >= 0.3 is 5.97 Å². The predicted molar refractivity (Wildman–Crippen MR) is 116 cm³/mol. The molecule has 0 radical (unpaired) electrons. The van der Waals surface area contributed by atoms with E-state index in [2.05, 4.69) is 70.2 Å². The smallest absolute Gasteiger partial charge is 0.311 e. The van der Waals surface area contributed by atoms with Crippen LogP contribution < -0.4 is 0 Å². The normalized spacial score (nSPS) is 12.4. The van der Waals surface area contributed by atoms with Gasteiger partial charge in [0.15, 0.2) is 0 Å². The van der Waals surface area contributed by atoms with E-state index in [-0.39, 0.29) is 19.7 Å². The van der Waals surface area contributed by atoms with Crippen LogP contribution in [0.4, 0.5) is 0 Å². The zero-order chi connectivity index (χ0) is 27.2. The molecule has 0 aromatic carbocycles. The van der Waals surface area contributed by atoms with Gasteiger partial charge < -0.3 is 9.84 Å². The van der Waals surface area contributed by atoms with Gasteiger partial charge in [-0.05, 0) is 38.7 Å². The quantitative estimate of drug-likeness (QED) is 0.146. The van der Waals surface area contributed by atoms with E-state index in [9.17, 15) is 9.90 Å². The Bertz CT molecular complexity index is 1020. The Hall–Kier alpha value is -5.40. The van der Waals surface area contributed by atoms with Gasteiger partial charge in [-0.25, -0.2) is 0 Å². The fraction of sp³-hybridized carbons (Fsp3) is 0.909. The van der Waals surface area contributed by atoms with Crippen molar-refractivity contribution in [2.75, 3.05) is 26.2 Å². The van der Waals surface area contributed by atoms with Gasteiger partial charge in [-0.3, -0.25) is 4.79 Å². The molecule has 184 valence electrons. The number of carbonyl (C=O) groups excluding carboxylic acids is 1. The first kappa shape index (κ1) is 31.8. The molecule has 1 N–H and O–H groups in total. The van der Waals surface area contributed by atoms with Crippen LogP contribution in [0.1, 0.15) is 13.8 Å². The highest BCUT2D eigenvalue weighted by Crippen LogP contribution is 2.34. The predicted octanol–water partition coefficient (Wildman–Crippen LogP) is 5.30. The molecule has 0 aliphatic carbocycles. The van der Waals surface area contributed by atoms with E-state index < -0.39 is 35.9 Å². The molecule has 0 fully saturated rings. The van der Waals surface area contributed by atoms with Crippen molar-refractivity contribution in [2.24, 2.45) is 47.1 Å². The molecule has 0 amide bonds. The standard InChI is InChI=1S/C6H8N12O2.C5H9N9O/c7-15-11-1-4(6(13-17-9)14-18-10)3-20-5(19)2-12-16-8;1-4(2,3-9-12-6)5(15,10-13-7)11-14-8/h4,6H,1-3H2;15H,3H2,1-2H3. The van der Waals surface area contributed by atoms with Gasteiger partial charge in [-0.1, -0.05) is 49.6 Å². The molecular weight excluding hydrogens is 474 g/mol. The minimum atomic E-state index is -2.30. The molecular formula is C11H17N21O3. The van der Waals surface area contributed by atoms with Crippen LogP contribution >= 0.6 is 0 Å². The first-order chi connectivity index (χ1) is 16.6. The largest absolute Gasteiger partial charge is 0.465 e. The minimum Gasteiger partial charge on any atom is -0.465 e. The molecule has 1 atom stereocenters. The molecule has 0 aromatic heterocycles. The first-order valence-electron chi connectivity index (χ1n) is 8.74. The molecule has 0 aromatic rings. The lowest BCUT2D eigenvalue weighted by Crippen LogP contribution is -2.42. The van der Waals surface area contributed by atoms with Crippen LogP contribution in [-0.2, 0) is 9.53 Å². The molecule has 35 heavy (non-hydrogen) atoms. The maximum atomic E-state index is 11.1. The van der Waals surface area contributed by atoms with Crippen LogP contribution in [0.3, 0.4) is 0 Å². The van der Waals surface area contributed by atoms with Gasteiger partial charge in [0.1, 0.15) is 12.7 Å². The third kappa shape index (κ3) is 12.9. The molecule has 24 heteroatoms. The van der Waals surface area contributed by atoms with E-state index in [0.717, 1.165) is 0 Å². The van der Waals surface area contributed by atoms with E-state index in [1.807, 2.05) is 0 Å². The fourth-order valence-corrected chi connectivity index (χ4v) is 1.76. The molecule has 1 unspecified atom stereocenters. The monoisotopic (exact) mass is 491 g/mol. The van der Waals surface area contributed by atoms with Crippen molar-refractivity contribution in [1.82, 2.24) is 0 Å². The van der Waals surface area contributed by atoms with E-state index >= 15 is 0 Å². The van der Waals surface area contributed by atoms with E-state index in [1.54, 1.807) is 0 Å². The molecule has 24 nitrogen and oxygen atoms in total. The van der Waals surface area contributed by atoms with Gasteiger partial charge in [0, 0.05) is 58.8 Å². The summed E-state index contributed by atoms with van der Waals surface area (Å²) in [5.41, 5.74) is 56.3. The van der Waals surface area contributed by atoms with Gasteiger partial charge in [0.05, 0.1) is 6.61 Å². The van der Waals surface area contributed by atoms with Crippen molar-refractivity contribution in [3.05, 3.63) is 73.1 Å². The van der Waals surface area contributed by atoms with Crippen LogP contribution in [0, 0.1) is 11.3 Å². The Morgan fingerprint density at radius 3 is 1.77 bits per heavy atom. The zero-order valence-electron chi connectivity index (χ0n) is 18.1. The van der Waals surface area contributed by atoms with Gasteiger partial charge in [-0.15, -0.1) is 0 Å². The highest BCUT2D eigenvalue weighted by Gasteiger charge is 2.42. The Labute approximate surface area is 193 Å². The first-order valence-corrected chi connectivity index (χ1v) is 8.74. The Balaban J connectivity index is 0. The number of rotatable bonds is 14. The van der Waals surface area contributed by atoms with Crippen molar-refractivity contribution >= 4 is 5.97 Å². The highest BCUT2D eigenvalue weighted by molar-refractivity contribution is 5.71. The summed E-state index contributed by atoms with van der Waals surface area (Å²) in [4.78, 5) is 28.2. The molecule has 0 heterocycles. The average molecular weight is 491 g/mol. The minimum absolute atomic E-state index is 0.183. The van der Waals surface area contributed by atoms with Crippen molar-refractivity contribution in [3.8, 4) is 0 Å². The van der Waals surface area contributed by atoms with Crippen molar-refractivity contribution in [2.45, 2.75) is 25.9 Å².